The lowest BCUT2D eigenvalue weighted by Crippen LogP contribution is -2.12. The average molecular weight is 272 g/mol. The van der Waals surface area contributed by atoms with Gasteiger partial charge in [-0.1, -0.05) is 19.9 Å². The Hall–Kier alpha value is -1.84. The summed E-state index contributed by atoms with van der Waals surface area (Å²) in [6.07, 6.45) is 4.56. The monoisotopic (exact) mass is 272 g/mol. The van der Waals surface area contributed by atoms with Crippen LogP contribution >= 0.6 is 0 Å². The normalized spacial score (nSPS) is 16.8. The van der Waals surface area contributed by atoms with Crippen LogP contribution in [0.5, 0.6) is 0 Å². The summed E-state index contributed by atoms with van der Waals surface area (Å²) < 4.78 is 2.24. The second kappa shape index (κ2) is 4.93. The number of aromatic nitrogens is 2. The lowest BCUT2D eigenvalue weighted by molar-refractivity contribution is -0.137. The van der Waals surface area contributed by atoms with Gasteiger partial charge in [-0.05, 0) is 42.4 Å². The Labute approximate surface area is 118 Å². The molecule has 4 nitrogen and oxygen atoms in total. The van der Waals surface area contributed by atoms with Gasteiger partial charge in [0.15, 0.2) is 0 Å². The molecule has 2 aromatic rings. The Morgan fingerprint density at radius 3 is 2.80 bits per heavy atom. The molecule has 0 amide bonds. The lowest BCUT2D eigenvalue weighted by atomic mass is 9.85. The van der Waals surface area contributed by atoms with E-state index in [1.807, 2.05) is 6.33 Å². The zero-order valence-electron chi connectivity index (χ0n) is 11.9. The number of rotatable bonds is 5. The number of benzene rings is 1. The average Bonchev–Trinajstić information content (AvgIpc) is 3.15. The van der Waals surface area contributed by atoms with Gasteiger partial charge >= 0.3 is 5.97 Å². The Bertz CT molecular complexity index is 641. The largest absolute Gasteiger partial charge is 0.481 e. The number of carbonyl (C=O) groups is 1. The summed E-state index contributed by atoms with van der Waals surface area (Å²) in [5.74, 6) is -0.399. The number of carboxylic acids is 1. The Morgan fingerprint density at radius 2 is 2.20 bits per heavy atom. The molecule has 3 rings (SSSR count). The molecule has 4 heteroatoms. The van der Waals surface area contributed by atoms with Gasteiger partial charge in [-0.15, -0.1) is 0 Å². The number of fused-ring (bicyclic) bond motifs is 1. The number of aliphatic carboxylic acids is 1. The zero-order valence-corrected chi connectivity index (χ0v) is 11.9. The third-order valence-electron chi connectivity index (χ3n) is 4.17. The van der Waals surface area contributed by atoms with Gasteiger partial charge in [0.2, 0.25) is 0 Å². The number of hydrogen-bond donors (Lipinski definition) is 1. The molecule has 1 fully saturated rings. The molecule has 0 saturated heterocycles. The summed E-state index contributed by atoms with van der Waals surface area (Å²) in [5, 5.41) is 9.07. The fourth-order valence-electron chi connectivity index (χ4n) is 2.85. The van der Waals surface area contributed by atoms with Crippen LogP contribution in [0.25, 0.3) is 11.0 Å². The summed E-state index contributed by atoms with van der Waals surface area (Å²) in [6.45, 7) is 4.14. The Balaban J connectivity index is 1.96. The molecule has 0 radical (unpaired) electrons. The number of carboxylic acid groups (broad SMARTS) is 1. The highest BCUT2D eigenvalue weighted by atomic mass is 16.4. The van der Waals surface area contributed by atoms with Gasteiger partial charge in [0.1, 0.15) is 0 Å². The molecule has 1 heterocycles. The molecule has 1 unspecified atom stereocenters. The van der Waals surface area contributed by atoms with Crippen molar-refractivity contribution in [3.8, 4) is 0 Å². The van der Waals surface area contributed by atoms with Crippen molar-refractivity contribution in [2.45, 2.75) is 45.1 Å². The summed E-state index contributed by atoms with van der Waals surface area (Å²) >= 11 is 0. The van der Waals surface area contributed by atoms with Gasteiger partial charge in [-0.2, -0.15) is 0 Å². The first-order valence-electron chi connectivity index (χ1n) is 7.24. The number of hydrogen-bond acceptors (Lipinski definition) is 2. The molecule has 1 aromatic heterocycles. The molecule has 1 saturated carbocycles. The van der Waals surface area contributed by atoms with E-state index in [4.69, 9.17) is 5.11 Å². The van der Waals surface area contributed by atoms with Crippen LogP contribution in [0.1, 0.15) is 50.6 Å². The summed E-state index contributed by atoms with van der Waals surface area (Å²) in [4.78, 5) is 15.5. The molecule has 1 aromatic carbocycles. The van der Waals surface area contributed by atoms with E-state index < -0.39 is 5.97 Å². The highest BCUT2D eigenvalue weighted by Crippen LogP contribution is 2.38. The van der Waals surface area contributed by atoms with Gasteiger partial charge in [-0.3, -0.25) is 4.79 Å². The predicted octanol–water partition coefficient (Wildman–Crippen LogP) is 3.59. The highest BCUT2D eigenvalue weighted by molar-refractivity contribution is 5.77. The van der Waals surface area contributed by atoms with Crippen molar-refractivity contribution in [1.29, 1.82) is 0 Å². The number of nitrogens with zero attached hydrogens (tertiary/aromatic N) is 2. The minimum Gasteiger partial charge on any atom is -0.481 e. The van der Waals surface area contributed by atoms with E-state index in [0.717, 1.165) is 16.6 Å². The first kappa shape index (κ1) is 13.2. The summed E-state index contributed by atoms with van der Waals surface area (Å²) in [5.41, 5.74) is 3.22. The van der Waals surface area contributed by atoms with Crippen molar-refractivity contribution >= 4 is 17.0 Å². The van der Waals surface area contributed by atoms with E-state index >= 15 is 0 Å². The van der Waals surface area contributed by atoms with Gasteiger partial charge in [0, 0.05) is 6.04 Å². The summed E-state index contributed by atoms with van der Waals surface area (Å²) in [7, 11) is 0. The minimum absolute atomic E-state index is 0.0444. The van der Waals surface area contributed by atoms with E-state index in [0.29, 0.717) is 12.0 Å². The molecular formula is C16H20N2O2. The second-order valence-electron chi connectivity index (χ2n) is 6.08. The van der Waals surface area contributed by atoms with Crippen LogP contribution in [-0.2, 0) is 4.79 Å². The van der Waals surface area contributed by atoms with Crippen LogP contribution in [-0.4, -0.2) is 20.6 Å². The lowest BCUT2D eigenvalue weighted by Gasteiger charge is -2.19. The third kappa shape index (κ3) is 2.42. The van der Waals surface area contributed by atoms with Crippen LogP contribution in [0.15, 0.2) is 24.5 Å². The molecule has 0 spiro atoms. The van der Waals surface area contributed by atoms with Crippen molar-refractivity contribution in [2.24, 2.45) is 5.92 Å². The van der Waals surface area contributed by atoms with Crippen LogP contribution in [0.4, 0.5) is 0 Å². The quantitative estimate of drug-likeness (QED) is 0.905. The smallest absolute Gasteiger partial charge is 0.303 e. The van der Waals surface area contributed by atoms with E-state index in [9.17, 15) is 4.79 Å². The SMILES string of the molecule is CC(C)C(CC(=O)O)c1ccc2c(c1)ncn2C1CC1. The molecule has 1 atom stereocenters. The maximum absolute atomic E-state index is 11.0. The first-order valence-corrected chi connectivity index (χ1v) is 7.24. The number of imidazole rings is 1. The van der Waals surface area contributed by atoms with Gasteiger partial charge < -0.3 is 9.67 Å². The highest BCUT2D eigenvalue weighted by Gasteiger charge is 2.25. The first-order chi connectivity index (χ1) is 9.56. The van der Waals surface area contributed by atoms with Crippen molar-refractivity contribution in [1.82, 2.24) is 9.55 Å². The van der Waals surface area contributed by atoms with E-state index in [1.165, 1.54) is 12.8 Å². The molecule has 106 valence electrons. The van der Waals surface area contributed by atoms with Crippen LogP contribution < -0.4 is 0 Å². The summed E-state index contributed by atoms with van der Waals surface area (Å²) in [6, 6.07) is 6.83. The molecule has 20 heavy (non-hydrogen) atoms. The van der Waals surface area contributed by atoms with Gasteiger partial charge in [-0.25, -0.2) is 4.98 Å². The predicted molar refractivity (Wildman–Crippen MR) is 77.8 cm³/mol. The molecule has 1 aliphatic rings. The van der Waals surface area contributed by atoms with Crippen LogP contribution in [0.2, 0.25) is 0 Å². The van der Waals surface area contributed by atoms with E-state index in [-0.39, 0.29) is 12.3 Å². The molecule has 1 N–H and O–H groups in total. The van der Waals surface area contributed by atoms with Crippen molar-refractivity contribution in [3.05, 3.63) is 30.1 Å². The van der Waals surface area contributed by atoms with Crippen molar-refractivity contribution < 1.29 is 9.90 Å². The maximum atomic E-state index is 11.0. The molecule has 1 aliphatic carbocycles. The minimum atomic E-state index is -0.743. The van der Waals surface area contributed by atoms with Crippen molar-refractivity contribution in [3.63, 3.8) is 0 Å². The third-order valence-corrected chi connectivity index (χ3v) is 4.17. The van der Waals surface area contributed by atoms with Crippen LogP contribution in [0, 0.1) is 5.92 Å². The van der Waals surface area contributed by atoms with E-state index in [1.54, 1.807) is 0 Å². The van der Waals surface area contributed by atoms with Gasteiger partial charge in [0.05, 0.1) is 23.8 Å². The fraction of sp³-hybridized carbons (Fsp3) is 0.500. The maximum Gasteiger partial charge on any atom is 0.303 e. The standard InChI is InChI=1S/C16H20N2O2/c1-10(2)13(8-16(19)20)11-3-6-15-14(7-11)17-9-18(15)12-4-5-12/h3,6-7,9-10,12-13H,4-5,8H2,1-2H3,(H,19,20). The topological polar surface area (TPSA) is 55.1 Å². The van der Waals surface area contributed by atoms with Crippen molar-refractivity contribution in [2.75, 3.05) is 0 Å². The van der Waals surface area contributed by atoms with E-state index in [2.05, 4.69) is 41.6 Å². The molecule has 0 aliphatic heterocycles. The Kier molecular flexibility index (Phi) is 3.24. The second-order valence-corrected chi connectivity index (χ2v) is 6.08. The van der Waals surface area contributed by atoms with Gasteiger partial charge in [0.25, 0.3) is 0 Å². The Morgan fingerprint density at radius 1 is 1.45 bits per heavy atom. The molecular weight excluding hydrogens is 252 g/mol. The zero-order chi connectivity index (χ0) is 14.3. The fourth-order valence-corrected chi connectivity index (χ4v) is 2.85. The van der Waals surface area contributed by atoms with Crippen LogP contribution in [0.3, 0.4) is 0 Å². The molecule has 0 bridgehead atoms.